The second-order valence-corrected chi connectivity index (χ2v) is 10.7. The van der Waals surface area contributed by atoms with Gasteiger partial charge in [-0.25, -0.2) is 4.79 Å². The summed E-state index contributed by atoms with van der Waals surface area (Å²) >= 11 is 0. The van der Waals surface area contributed by atoms with Crippen LogP contribution in [0.5, 0.6) is 11.5 Å². The molecule has 5 nitrogen and oxygen atoms in total. The maximum absolute atomic E-state index is 12.3. The number of ether oxygens (including phenoxy) is 2. The molecule has 3 aliphatic rings. The summed E-state index contributed by atoms with van der Waals surface area (Å²) in [4.78, 5) is 23.9. The van der Waals surface area contributed by atoms with Gasteiger partial charge in [-0.3, -0.25) is 4.79 Å². The molecular formula is C25H34O5. The summed E-state index contributed by atoms with van der Waals surface area (Å²) in [6.07, 6.45) is 5.71. The van der Waals surface area contributed by atoms with Crippen LogP contribution >= 0.6 is 0 Å². The lowest BCUT2D eigenvalue weighted by Crippen LogP contribution is -2.43. The fourth-order valence-electron chi connectivity index (χ4n) is 7.96. The predicted molar refractivity (Wildman–Crippen MR) is 114 cm³/mol. The van der Waals surface area contributed by atoms with Gasteiger partial charge in [-0.1, -0.05) is 27.7 Å². The quantitative estimate of drug-likeness (QED) is 0.524. The van der Waals surface area contributed by atoms with Crippen molar-refractivity contribution in [2.24, 2.45) is 28.6 Å². The second-order valence-electron chi connectivity index (χ2n) is 10.7. The molecule has 1 aromatic rings. The Morgan fingerprint density at radius 1 is 1.10 bits per heavy atom. The molecule has 1 spiro atoms. The Labute approximate surface area is 179 Å². The fourth-order valence-corrected chi connectivity index (χ4v) is 7.96. The van der Waals surface area contributed by atoms with Crippen molar-refractivity contribution < 1.29 is 24.2 Å². The van der Waals surface area contributed by atoms with E-state index in [-0.39, 0.29) is 16.4 Å². The number of carbonyl (C=O) groups excluding carboxylic acids is 1. The maximum Gasteiger partial charge on any atom is 0.336 e. The molecule has 0 radical (unpaired) electrons. The number of carboxylic acids is 1. The van der Waals surface area contributed by atoms with E-state index in [0.29, 0.717) is 40.2 Å². The Kier molecular flexibility index (Phi) is 4.76. The number of carboxylic acid groups (broad SMARTS) is 1. The highest BCUT2D eigenvalue weighted by molar-refractivity contribution is 5.92. The lowest BCUT2D eigenvalue weighted by molar-refractivity contribution is -0.132. The first-order valence-corrected chi connectivity index (χ1v) is 11.1. The van der Waals surface area contributed by atoms with Crippen LogP contribution in [0.1, 0.15) is 82.6 Å². The van der Waals surface area contributed by atoms with Gasteiger partial charge in [0, 0.05) is 17.9 Å². The monoisotopic (exact) mass is 414 g/mol. The lowest BCUT2D eigenvalue weighted by Gasteiger charge is -2.48. The topological polar surface area (TPSA) is 72.8 Å². The van der Waals surface area contributed by atoms with E-state index in [1.54, 1.807) is 6.07 Å². The molecule has 0 heterocycles. The minimum absolute atomic E-state index is 0.105. The molecule has 0 saturated heterocycles. The van der Waals surface area contributed by atoms with Gasteiger partial charge in [-0.2, -0.15) is 0 Å². The van der Waals surface area contributed by atoms with Crippen LogP contribution in [-0.4, -0.2) is 24.2 Å². The van der Waals surface area contributed by atoms with Crippen LogP contribution in [0.25, 0.3) is 0 Å². The van der Waals surface area contributed by atoms with Gasteiger partial charge in [-0.15, -0.1) is 0 Å². The Hall–Kier alpha value is -2.04. The molecule has 2 unspecified atom stereocenters. The number of carbonyl (C=O) groups is 2. The van der Waals surface area contributed by atoms with Crippen LogP contribution < -0.4 is 9.47 Å². The van der Waals surface area contributed by atoms with Crippen LogP contribution in [0.4, 0.5) is 0 Å². The molecule has 0 aliphatic heterocycles. The SMILES string of the molecule is COc1c(OC(C)=O)ccc(C(=O)O)c1C1(C)CC[C@@]23C[C@@H]1C(C)(C)[C@@H]2CCC3C. The number of methoxy groups -OCH3 is 1. The molecule has 164 valence electrons. The summed E-state index contributed by atoms with van der Waals surface area (Å²) in [5.74, 6) is 1.00. The largest absolute Gasteiger partial charge is 0.492 e. The van der Waals surface area contributed by atoms with Crippen molar-refractivity contribution >= 4 is 11.9 Å². The highest BCUT2D eigenvalue weighted by atomic mass is 16.6. The van der Waals surface area contributed by atoms with Crippen molar-refractivity contribution in [3.8, 4) is 11.5 Å². The van der Waals surface area contributed by atoms with E-state index >= 15 is 0 Å². The van der Waals surface area contributed by atoms with Crippen LogP contribution in [0.3, 0.4) is 0 Å². The number of fused-ring (bicyclic) bond motifs is 1. The van der Waals surface area contributed by atoms with Gasteiger partial charge >= 0.3 is 11.9 Å². The minimum Gasteiger partial charge on any atom is -0.492 e. The smallest absolute Gasteiger partial charge is 0.336 e. The van der Waals surface area contributed by atoms with E-state index in [0.717, 1.165) is 19.3 Å². The van der Waals surface area contributed by atoms with Gasteiger partial charge < -0.3 is 14.6 Å². The Bertz CT molecular complexity index is 903. The van der Waals surface area contributed by atoms with Crippen molar-refractivity contribution in [3.63, 3.8) is 0 Å². The van der Waals surface area contributed by atoms with E-state index in [2.05, 4.69) is 27.7 Å². The van der Waals surface area contributed by atoms with E-state index in [1.807, 2.05) is 0 Å². The normalized spacial score (nSPS) is 36.3. The Morgan fingerprint density at radius 2 is 1.80 bits per heavy atom. The zero-order valence-electron chi connectivity index (χ0n) is 19.0. The molecule has 1 aromatic carbocycles. The van der Waals surface area contributed by atoms with Crippen LogP contribution in [0.15, 0.2) is 12.1 Å². The summed E-state index contributed by atoms with van der Waals surface area (Å²) < 4.78 is 11.1. The zero-order valence-corrected chi connectivity index (χ0v) is 19.0. The highest BCUT2D eigenvalue weighted by Gasteiger charge is 2.68. The fraction of sp³-hybridized carbons (Fsp3) is 0.680. The standard InChI is InChI=1S/C25H34O5/c1-14-7-10-18-23(3,4)19-13-25(14,18)12-11-24(19,5)20-16(22(27)28)8-9-17(21(20)29-6)30-15(2)26/h8-9,14,18-19H,7,10-13H2,1-6H3,(H,27,28)/t14?,18-,19+,24?,25-/m0/s1. The van der Waals surface area contributed by atoms with Gasteiger partial charge in [0.1, 0.15) is 0 Å². The first kappa shape index (κ1) is 21.2. The number of aromatic carboxylic acids is 1. The van der Waals surface area contributed by atoms with Gasteiger partial charge in [0.05, 0.1) is 12.7 Å². The summed E-state index contributed by atoms with van der Waals surface area (Å²) in [5.41, 5.74) is 1.05. The zero-order chi connectivity index (χ0) is 22.1. The summed E-state index contributed by atoms with van der Waals surface area (Å²) in [6.45, 7) is 10.7. The average Bonchev–Trinajstić information content (AvgIpc) is 3.09. The molecule has 5 heteroatoms. The molecule has 3 fully saturated rings. The molecule has 3 aliphatic carbocycles. The Balaban J connectivity index is 1.92. The van der Waals surface area contributed by atoms with E-state index in [9.17, 15) is 14.7 Å². The van der Waals surface area contributed by atoms with Crippen molar-refractivity contribution in [2.75, 3.05) is 7.11 Å². The van der Waals surface area contributed by atoms with Gasteiger partial charge in [0.25, 0.3) is 0 Å². The number of hydrogen-bond acceptors (Lipinski definition) is 4. The van der Waals surface area contributed by atoms with Gasteiger partial charge in [-0.05, 0) is 72.8 Å². The van der Waals surface area contributed by atoms with E-state index in [1.165, 1.54) is 32.9 Å². The first-order valence-electron chi connectivity index (χ1n) is 11.1. The molecule has 0 aromatic heterocycles. The van der Waals surface area contributed by atoms with Crippen LogP contribution in [0.2, 0.25) is 0 Å². The summed E-state index contributed by atoms with van der Waals surface area (Å²) in [7, 11) is 1.53. The lowest BCUT2D eigenvalue weighted by atomic mass is 9.55. The number of benzene rings is 1. The number of rotatable bonds is 4. The van der Waals surface area contributed by atoms with E-state index < -0.39 is 11.9 Å². The third kappa shape index (κ3) is 2.66. The second kappa shape index (κ2) is 6.73. The molecule has 30 heavy (non-hydrogen) atoms. The number of esters is 1. The van der Waals surface area contributed by atoms with Crippen molar-refractivity contribution in [3.05, 3.63) is 23.3 Å². The molecule has 2 bridgehead atoms. The summed E-state index contributed by atoms with van der Waals surface area (Å²) in [5, 5.41) is 10.0. The Morgan fingerprint density at radius 3 is 2.40 bits per heavy atom. The third-order valence-corrected chi connectivity index (χ3v) is 9.20. The highest BCUT2D eigenvalue weighted by Crippen LogP contribution is 2.75. The van der Waals surface area contributed by atoms with Crippen LogP contribution in [0, 0.1) is 28.6 Å². The van der Waals surface area contributed by atoms with Crippen molar-refractivity contribution in [2.45, 2.75) is 72.1 Å². The molecule has 5 atom stereocenters. The maximum atomic E-state index is 12.3. The molecule has 4 rings (SSSR count). The predicted octanol–water partition coefficient (Wildman–Crippen LogP) is 5.45. The van der Waals surface area contributed by atoms with Crippen molar-refractivity contribution in [1.29, 1.82) is 0 Å². The van der Waals surface area contributed by atoms with Crippen LogP contribution in [-0.2, 0) is 10.2 Å². The molecule has 1 N–H and O–H groups in total. The van der Waals surface area contributed by atoms with Crippen molar-refractivity contribution in [1.82, 2.24) is 0 Å². The van der Waals surface area contributed by atoms with E-state index in [4.69, 9.17) is 9.47 Å². The third-order valence-electron chi connectivity index (χ3n) is 9.20. The molecule has 3 saturated carbocycles. The van der Waals surface area contributed by atoms with Gasteiger partial charge in [0.15, 0.2) is 11.5 Å². The van der Waals surface area contributed by atoms with Gasteiger partial charge in [0.2, 0.25) is 0 Å². The number of hydrogen-bond donors (Lipinski definition) is 1. The minimum atomic E-state index is -0.969. The molecule has 0 amide bonds. The average molecular weight is 415 g/mol. The molecular weight excluding hydrogens is 380 g/mol. The summed E-state index contributed by atoms with van der Waals surface area (Å²) in [6, 6.07) is 3.11. The first-order chi connectivity index (χ1) is 14.0.